The highest BCUT2D eigenvalue weighted by atomic mass is 19.1. The van der Waals surface area contributed by atoms with Gasteiger partial charge in [-0.2, -0.15) is 0 Å². The van der Waals surface area contributed by atoms with Gasteiger partial charge < -0.3 is 15.8 Å². The van der Waals surface area contributed by atoms with Crippen LogP contribution in [0.3, 0.4) is 0 Å². The van der Waals surface area contributed by atoms with E-state index in [-0.39, 0.29) is 29.2 Å². The fraction of sp³-hybridized carbons (Fsp3) is 0.133. The molecule has 0 unspecified atom stereocenters. The minimum absolute atomic E-state index is 0.149. The highest BCUT2D eigenvalue weighted by Gasteiger charge is 2.15. The second kappa shape index (κ2) is 6.21. The molecule has 0 saturated carbocycles. The van der Waals surface area contributed by atoms with Crippen LogP contribution in [0.25, 0.3) is 0 Å². The maximum Gasteiger partial charge on any atom is 0.340 e. The first kappa shape index (κ1) is 14.8. The van der Waals surface area contributed by atoms with Gasteiger partial charge in [0, 0.05) is 11.8 Å². The van der Waals surface area contributed by atoms with Gasteiger partial charge in [0.05, 0.1) is 23.5 Å². The summed E-state index contributed by atoms with van der Waals surface area (Å²) < 4.78 is 31.3. The van der Waals surface area contributed by atoms with Crippen molar-refractivity contribution in [1.29, 1.82) is 0 Å². The van der Waals surface area contributed by atoms with E-state index in [1.165, 1.54) is 6.07 Å². The van der Waals surface area contributed by atoms with E-state index in [1.54, 1.807) is 19.1 Å². The molecule has 110 valence electrons. The molecule has 0 aliphatic heterocycles. The lowest BCUT2D eigenvalue weighted by Crippen LogP contribution is -2.09. The van der Waals surface area contributed by atoms with Crippen molar-refractivity contribution in [2.24, 2.45) is 0 Å². The summed E-state index contributed by atoms with van der Waals surface area (Å²) in [7, 11) is 0. The van der Waals surface area contributed by atoms with E-state index < -0.39 is 17.6 Å². The van der Waals surface area contributed by atoms with Crippen molar-refractivity contribution < 1.29 is 18.3 Å². The van der Waals surface area contributed by atoms with Gasteiger partial charge in [-0.3, -0.25) is 0 Å². The summed E-state index contributed by atoms with van der Waals surface area (Å²) >= 11 is 0. The molecule has 4 nitrogen and oxygen atoms in total. The number of esters is 1. The number of anilines is 3. The molecule has 3 N–H and O–H groups in total. The number of rotatable bonds is 4. The first-order valence-electron chi connectivity index (χ1n) is 6.30. The third kappa shape index (κ3) is 3.47. The molecule has 2 aromatic rings. The van der Waals surface area contributed by atoms with Crippen molar-refractivity contribution in [2.45, 2.75) is 6.92 Å². The van der Waals surface area contributed by atoms with E-state index in [0.29, 0.717) is 0 Å². The van der Waals surface area contributed by atoms with Crippen LogP contribution in [-0.2, 0) is 4.74 Å². The summed E-state index contributed by atoms with van der Waals surface area (Å²) in [6.45, 7) is 1.89. The Labute approximate surface area is 120 Å². The molecule has 0 heterocycles. The van der Waals surface area contributed by atoms with Gasteiger partial charge in [-0.15, -0.1) is 0 Å². The fourth-order valence-corrected chi connectivity index (χ4v) is 1.86. The van der Waals surface area contributed by atoms with Crippen LogP contribution >= 0.6 is 0 Å². The van der Waals surface area contributed by atoms with Gasteiger partial charge in [0.25, 0.3) is 0 Å². The smallest absolute Gasteiger partial charge is 0.340 e. The van der Waals surface area contributed by atoms with Crippen LogP contribution in [0.5, 0.6) is 0 Å². The second-order valence-electron chi connectivity index (χ2n) is 4.27. The lowest BCUT2D eigenvalue weighted by atomic mass is 10.1. The Bertz CT molecular complexity index is 654. The molecule has 6 heteroatoms. The molecule has 0 aliphatic carbocycles. The SMILES string of the molecule is CCOC(=O)c1cccc(N)c1Nc1cc(F)cc(F)c1. The number of ether oxygens (including phenoxy) is 1. The van der Waals surface area contributed by atoms with Crippen LogP contribution in [-0.4, -0.2) is 12.6 Å². The number of carbonyl (C=O) groups is 1. The quantitative estimate of drug-likeness (QED) is 0.669. The fourth-order valence-electron chi connectivity index (χ4n) is 1.86. The lowest BCUT2D eigenvalue weighted by molar-refractivity contribution is 0.0527. The van der Waals surface area contributed by atoms with E-state index in [9.17, 15) is 13.6 Å². The minimum Gasteiger partial charge on any atom is -0.462 e. The average molecular weight is 292 g/mol. The molecule has 0 radical (unpaired) electrons. The Hall–Kier alpha value is -2.63. The largest absolute Gasteiger partial charge is 0.462 e. The van der Waals surface area contributed by atoms with Gasteiger partial charge in [-0.05, 0) is 31.2 Å². The molecule has 0 aromatic heterocycles. The predicted octanol–water partition coefficient (Wildman–Crippen LogP) is 3.47. The second-order valence-corrected chi connectivity index (χ2v) is 4.27. The molecule has 21 heavy (non-hydrogen) atoms. The van der Waals surface area contributed by atoms with Gasteiger partial charge in [0.15, 0.2) is 0 Å². The van der Waals surface area contributed by atoms with Gasteiger partial charge in [-0.25, -0.2) is 13.6 Å². The minimum atomic E-state index is -0.732. The van der Waals surface area contributed by atoms with Crippen molar-refractivity contribution in [3.05, 3.63) is 53.6 Å². The Morgan fingerprint density at radius 3 is 2.52 bits per heavy atom. The van der Waals surface area contributed by atoms with Crippen LogP contribution < -0.4 is 11.1 Å². The van der Waals surface area contributed by atoms with Crippen LogP contribution in [0.4, 0.5) is 25.8 Å². The molecule has 0 spiro atoms. The number of halogens is 2. The Morgan fingerprint density at radius 1 is 1.24 bits per heavy atom. The standard InChI is InChI=1S/C15H14F2N2O2/c1-2-21-15(20)12-4-3-5-13(18)14(12)19-11-7-9(16)6-10(17)8-11/h3-8,19H,2,18H2,1H3. The zero-order chi connectivity index (χ0) is 15.4. The molecule has 0 aliphatic rings. The monoisotopic (exact) mass is 292 g/mol. The number of hydrogen-bond acceptors (Lipinski definition) is 4. The molecule has 0 atom stereocenters. The van der Waals surface area contributed by atoms with Crippen molar-refractivity contribution in [1.82, 2.24) is 0 Å². The Kier molecular flexibility index (Phi) is 4.37. The van der Waals surface area contributed by atoms with Crippen LogP contribution in [0.15, 0.2) is 36.4 Å². The van der Waals surface area contributed by atoms with Crippen molar-refractivity contribution in [3.63, 3.8) is 0 Å². The zero-order valence-electron chi connectivity index (χ0n) is 11.3. The number of para-hydroxylation sites is 1. The molecule has 0 saturated heterocycles. The third-order valence-electron chi connectivity index (χ3n) is 2.72. The van der Waals surface area contributed by atoms with E-state index in [4.69, 9.17) is 10.5 Å². The van der Waals surface area contributed by atoms with Crippen molar-refractivity contribution in [2.75, 3.05) is 17.7 Å². The normalized spacial score (nSPS) is 10.2. The maximum atomic E-state index is 13.2. The first-order valence-corrected chi connectivity index (χ1v) is 6.30. The third-order valence-corrected chi connectivity index (χ3v) is 2.72. The summed E-state index contributed by atoms with van der Waals surface area (Å²) in [6.07, 6.45) is 0. The molecule has 2 rings (SSSR count). The highest BCUT2D eigenvalue weighted by Crippen LogP contribution is 2.28. The lowest BCUT2D eigenvalue weighted by Gasteiger charge is -2.14. The predicted molar refractivity (Wildman–Crippen MR) is 76.5 cm³/mol. The van der Waals surface area contributed by atoms with Crippen LogP contribution in [0.2, 0.25) is 0 Å². The van der Waals surface area contributed by atoms with E-state index in [1.807, 2.05) is 0 Å². The number of nitrogen functional groups attached to an aromatic ring is 1. The zero-order valence-corrected chi connectivity index (χ0v) is 11.3. The number of nitrogens with two attached hydrogens (primary N) is 1. The van der Waals surface area contributed by atoms with Gasteiger partial charge in [-0.1, -0.05) is 6.07 Å². The van der Waals surface area contributed by atoms with Gasteiger partial charge >= 0.3 is 5.97 Å². The number of carbonyl (C=O) groups excluding carboxylic acids is 1. The van der Waals surface area contributed by atoms with E-state index in [2.05, 4.69) is 5.32 Å². The van der Waals surface area contributed by atoms with Crippen LogP contribution in [0, 0.1) is 11.6 Å². The Morgan fingerprint density at radius 2 is 1.90 bits per heavy atom. The highest BCUT2D eigenvalue weighted by molar-refractivity contribution is 5.99. The van der Waals surface area contributed by atoms with Gasteiger partial charge in [0.1, 0.15) is 11.6 Å². The maximum absolute atomic E-state index is 13.2. The van der Waals surface area contributed by atoms with Crippen molar-refractivity contribution in [3.8, 4) is 0 Å². The summed E-state index contributed by atoms with van der Waals surface area (Å²) in [6, 6.07) is 7.65. The Balaban J connectivity index is 2.41. The topological polar surface area (TPSA) is 64.3 Å². The summed E-state index contributed by atoms with van der Waals surface area (Å²) in [5, 5.41) is 2.76. The molecule has 2 aromatic carbocycles. The van der Waals surface area contributed by atoms with Gasteiger partial charge in [0.2, 0.25) is 0 Å². The summed E-state index contributed by atoms with van der Waals surface area (Å²) in [4.78, 5) is 11.9. The van der Waals surface area contributed by atoms with E-state index in [0.717, 1.165) is 18.2 Å². The molecular weight excluding hydrogens is 278 g/mol. The first-order chi connectivity index (χ1) is 10.0. The summed E-state index contributed by atoms with van der Waals surface area (Å²) in [5.74, 6) is -2.03. The number of benzene rings is 2. The number of hydrogen-bond donors (Lipinski definition) is 2. The molecular formula is C15H14F2N2O2. The molecule has 0 bridgehead atoms. The number of nitrogens with one attached hydrogen (secondary N) is 1. The molecule has 0 fully saturated rings. The van der Waals surface area contributed by atoms with Crippen LogP contribution in [0.1, 0.15) is 17.3 Å². The average Bonchev–Trinajstić information content (AvgIpc) is 2.40. The summed E-state index contributed by atoms with van der Waals surface area (Å²) in [5.41, 5.74) is 6.69. The van der Waals surface area contributed by atoms with E-state index >= 15 is 0 Å². The van der Waals surface area contributed by atoms with Crippen molar-refractivity contribution >= 4 is 23.0 Å². The molecule has 0 amide bonds.